The van der Waals surface area contributed by atoms with Crippen molar-refractivity contribution in [1.29, 1.82) is 0 Å². The van der Waals surface area contributed by atoms with Crippen LogP contribution in [0, 0.1) is 0 Å². The quantitative estimate of drug-likeness (QED) is 0.288. The standard InChI is InChI=1S/4C5H4O2S.Sn/c4*6-5(7)4-2-1-3-8-4;/h4*1-3H,(H,6,7);/q;;;;+4/p-4. The SMILES string of the molecule is O=C([O-])c1cccs1.O=C([O-])c1cccs1.O=C([O-])c1cccs1.O=C([O-])c1cccs1.[Sn+4]. The van der Waals surface area contributed by atoms with E-state index < -0.39 is 23.9 Å². The Balaban J connectivity index is 0.000000410. The number of rotatable bonds is 4. The molecule has 4 heterocycles. The molecule has 0 fully saturated rings. The van der Waals surface area contributed by atoms with E-state index in [1.54, 1.807) is 45.8 Å². The minimum atomic E-state index is -1.10. The zero-order valence-electron chi connectivity index (χ0n) is 16.3. The summed E-state index contributed by atoms with van der Waals surface area (Å²) >= 11 is 4.68. The number of carboxylic acid groups (broad SMARTS) is 4. The molecule has 0 spiro atoms. The molecular weight excluding hydrogens is 615 g/mol. The van der Waals surface area contributed by atoms with Gasteiger partial charge in [-0.05, 0) is 45.8 Å². The van der Waals surface area contributed by atoms with E-state index in [0.717, 1.165) is 0 Å². The van der Waals surface area contributed by atoms with E-state index in [1.807, 2.05) is 0 Å². The molecule has 13 heteroatoms. The zero-order chi connectivity index (χ0) is 23.9. The van der Waals surface area contributed by atoms with Gasteiger partial charge in [0.15, 0.2) is 0 Å². The molecule has 168 valence electrons. The van der Waals surface area contributed by atoms with Gasteiger partial charge in [-0.1, -0.05) is 24.3 Å². The minimum absolute atomic E-state index is 0. The van der Waals surface area contributed by atoms with Crippen LogP contribution in [0.15, 0.2) is 70.1 Å². The van der Waals surface area contributed by atoms with E-state index in [-0.39, 0.29) is 43.4 Å². The Morgan fingerprint density at radius 1 is 0.455 bits per heavy atom. The van der Waals surface area contributed by atoms with Gasteiger partial charge in [0.25, 0.3) is 0 Å². The van der Waals surface area contributed by atoms with Gasteiger partial charge in [-0.15, -0.1) is 45.3 Å². The smallest absolute Gasteiger partial charge is 0.544 e. The number of aromatic carboxylic acids is 4. The molecule has 8 nitrogen and oxygen atoms in total. The predicted octanol–water partition coefficient (Wildman–Crippen LogP) is 0.0656. The molecule has 0 saturated carbocycles. The maximum absolute atomic E-state index is 9.96. The Kier molecular flexibility index (Phi) is 15.7. The van der Waals surface area contributed by atoms with Crippen LogP contribution in [-0.4, -0.2) is 47.8 Å². The van der Waals surface area contributed by atoms with Gasteiger partial charge in [-0.2, -0.15) is 0 Å². The number of thiophene rings is 4. The van der Waals surface area contributed by atoms with E-state index in [4.69, 9.17) is 0 Å². The Morgan fingerprint density at radius 2 is 0.636 bits per heavy atom. The fourth-order valence-corrected chi connectivity index (χ4v) is 3.81. The molecule has 0 aromatic carbocycles. The Labute approximate surface area is 221 Å². The number of carbonyl (C=O) groups is 4. The predicted molar refractivity (Wildman–Crippen MR) is 120 cm³/mol. The molecule has 0 N–H and O–H groups in total. The van der Waals surface area contributed by atoms with Crippen molar-refractivity contribution in [1.82, 2.24) is 0 Å². The first-order valence-corrected chi connectivity index (χ1v) is 11.7. The number of hydrogen-bond acceptors (Lipinski definition) is 12. The maximum atomic E-state index is 9.96. The molecule has 0 aliphatic carbocycles. The second-order valence-corrected chi connectivity index (χ2v) is 8.85. The summed E-state index contributed by atoms with van der Waals surface area (Å²) in [6, 6.07) is 12.8. The van der Waals surface area contributed by atoms with Crippen LogP contribution in [-0.2, 0) is 0 Å². The second kappa shape index (κ2) is 17.0. The molecule has 0 atom stereocenters. The molecule has 0 unspecified atom stereocenters. The molecule has 0 aliphatic heterocycles. The first kappa shape index (κ1) is 30.5. The average Bonchev–Trinajstić information content (AvgIpc) is 3.56. The van der Waals surface area contributed by atoms with Gasteiger partial charge in [0.1, 0.15) is 0 Å². The minimum Gasteiger partial charge on any atom is -0.544 e. The summed E-state index contributed by atoms with van der Waals surface area (Å²) in [5.74, 6) is -4.39. The van der Waals surface area contributed by atoms with Crippen molar-refractivity contribution in [3.05, 3.63) is 89.6 Å². The van der Waals surface area contributed by atoms with Gasteiger partial charge in [-0.25, -0.2) is 0 Å². The summed E-state index contributed by atoms with van der Waals surface area (Å²) in [7, 11) is 0. The number of hydrogen-bond donors (Lipinski definition) is 0. The third-order valence-electron chi connectivity index (χ3n) is 2.89. The van der Waals surface area contributed by atoms with E-state index in [1.165, 1.54) is 69.6 Å². The molecule has 0 bridgehead atoms. The molecule has 0 saturated heterocycles. The van der Waals surface area contributed by atoms with Crippen LogP contribution in [0.4, 0.5) is 0 Å². The van der Waals surface area contributed by atoms with Crippen molar-refractivity contribution in [3.63, 3.8) is 0 Å². The molecule has 0 radical (unpaired) electrons. The van der Waals surface area contributed by atoms with Gasteiger partial charge in [0, 0.05) is 19.5 Å². The second-order valence-electron chi connectivity index (χ2n) is 5.06. The molecule has 0 amide bonds. The van der Waals surface area contributed by atoms with Crippen LogP contribution in [0.1, 0.15) is 38.7 Å². The Bertz CT molecular complexity index is 897. The third kappa shape index (κ3) is 12.9. The summed E-state index contributed by atoms with van der Waals surface area (Å²) < 4.78 is 0. The van der Waals surface area contributed by atoms with Crippen molar-refractivity contribution < 1.29 is 39.6 Å². The summed E-state index contributed by atoms with van der Waals surface area (Å²) in [4.78, 5) is 41.0. The summed E-state index contributed by atoms with van der Waals surface area (Å²) in [6.45, 7) is 0. The van der Waals surface area contributed by atoms with Gasteiger partial charge < -0.3 is 39.6 Å². The van der Waals surface area contributed by atoms with Crippen LogP contribution >= 0.6 is 45.3 Å². The molecule has 4 rings (SSSR count). The van der Waals surface area contributed by atoms with Gasteiger partial charge >= 0.3 is 23.9 Å². The van der Waals surface area contributed by atoms with Crippen LogP contribution in [0.5, 0.6) is 0 Å². The topological polar surface area (TPSA) is 161 Å². The van der Waals surface area contributed by atoms with E-state index >= 15 is 0 Å². The summed E-state index contributed by atoms with van der Waals surface area (Å²) in [5.41, 5.74) is 0. The van der Waals surface area contributed by atoms with Crippen molar-refractivity contribution in [2.75, 3.05) is 0 Å². The normalized spacial score (nSPS) is 8.73. The van der Waals surface area contributed by atoms with E-state index in [9.17, 15) is 39.6 Å². The van der Waals surface area contributed by atoms with Gasteiger partial charge in [-0.3, -0.25) is 0 Å². The van der Waals surface area contributed by atoms with Gasteiger partial charge in [0.2, 0.25) is 0 Å². The molecular formula is C20H12O8S4Sn. The maximum Gasteiger partial charge on any atom is 4.00 e. The van der Waals surface area contributed by atoms with Crippen LogP contribution < -0.4 is 20.4 Å². The first-order chi connectivity index (χ1) is 15.2. The largest absolute Gasteiger partial charge is 4.00 e. The van der Waals surface area contributed by atoms with Crippen LogP contribution in [0.3, 0.4) is 0 Å². The third-order valence-corrected chi connectivity index (χ3v) is 6.29. The molecule has 33 heavy (non-hydrogen) atoms. The first-order valence-electron chi connectivity index (χ1n) is 8.21. The fraction of sp³-hybridized carbons (Fsp3) is 0. The fourth-order valence-electron chi connectivity index (χ4n) is 1.58. The van der Waals surface area contributed by atoms with E-state index in [0.29, 0.717) is 0 Å². The molecule has 4 aromatic heterocycles. The van der Waals surface area contributed by atoms with Gasteiger partial charge in [0.05, 0.1) is 23.9 Å². The summed E-state index contributed by atoms with van der Waals surface area (Å²) in [6.07, 6.45) is 0. The Hall–Kier alpha value is -2.52. The molecule has 0 aliphatic rings. The number of carbonyl (C=O) groups excluding carboxylic acids is 4. The van der Waals surface area contributed by atoms with Crippen LogP contribution in [0.2, 0.25) is 0 Å². The molecule has 4 aromatic rings. The van der Waals surface area contributed by atoms with Crippen LogP contribution in [0.25, 0.3) is 0 Å². The number of carboxylic acids is 4. The van der Waals surface area contributed by atoms with Crippen molar-refractivity contribution in [2.24, 2.45) is 0 Å². The van der Waals surface area contributed by atoms with Crippen molar-refractivity contribution >= 4 is 93.1 Å². The zero-order valence-corrected chi connectivity index (χ0v) is 22.4. The van der Waals surface area contributed by atoms with Crippen molar-refractivity contribution in [2.45, 2.75) is 0 Å². The average molecular weight is 627 g/mol. The Morgan fingerprint density at radius 3 is 0.697 bits per heavy atom. The summed E-state index contributed by atoms with van der Waals surface area (Å²) in [5, 5.41) is 46.6. The monoisotopic (exact) mass is 628 g/mol. The van der Waals surface area contributed by atoms with E-state index in [2.05, 4.69) is 0 Å². The van der Waals surface area contributed by atoms with Crippen molar-refractivity contribution in [3.8, 4) is 0 Å².